The molecule has 0 aromatic heterocycles. The topological polar surface area (TPSA) is 108 Å². The minimum Gasteiger partial charge on any atom is -0.311 e. The molecule has 2 bridgehead atoms. The summed E-state index contributed by atoms with van der Waals surface area (Å²) in [6.07, 6.45) is 2.66. The average molecular weight is 382 g/mol. The van der Waals surface area contributed by atoms with Crippen LogP contribution in [0.5, 0.6) is 0 Å². The second-order valence-electron chi connectivity index (χ2n) is 8.33. The Balaban J connectivity index is 1.34. The van der Waals surface area contributed by atoms with E-state index in [2.05, 4.69) is 16.0 Å². The number of carbonyl (C=O) groups is 4. The van der Waals surface area contributed by atoms with Gasteiger partial charge in [-0.05, 0) is 43.4 Å². The molecule has 1 saturated carbocycles. The molecular weight excluding hydrogens is 360 g/mol. The summed E-state index contributed by atoms with van der Waals surface area (Å²) in [5.74, 6) is -1.08. The fraction of sp³-hybridized carbons (Fsp3) is 0.500. The highest BCUT2D eigenvalue weighted by atomic mass is 16.2. The highest BCUT2D eigenvalue weighted by molar-refractivity contribution is 6.24. The van der Waals surface area contributed by atoms with Crippen molar-refractivity contribution in [2.45, 2.75) is 43.8 Å². The average Bonchev–Trinajstić information content (AvgIpc) is 3.30. The molecule has 4 heterocycles. The molecule has 1 aromatic carbocycles. The van der Waals surface area contributed by atoms with Crippen LogP contribution in [0, 0.1) is 5.92 Å². The second-order valence-corrected chi connectivity index (χ2v) is 8.33. The third-order valence-corrected chi connectivity index (χ3v) is 6.46. The molecule has 1 aromatic rings. The van der Waals surface area contributed by atoms with Gasteiger partial charge < -0.3 is 10.6 Å². The van der Waals surface area contributed by atoms with Gasteiger partial charge in [0.05, 0.1) is 11.1 Å². The summed E-state index contributed by atoms with van der Waals surface area (Å²) in [5, 5.41) is 9.20. The zero-order chi connectivity index (χ0) is 19.5. The lowest BCUT2D eigenvalue weighted by molar-refractivity contribution is -0.136. The molecule has 1 atom stereocenters. The maximum Gasteiger partial charge on any atom is 0.262 e. The van der Waals surface area contributed by atoms with Crippen molar-refractivity contribution in [1.29, 1.82) is 0 Å². The maximum atomic E-state index is 13.0. The quantitative estimate of drug-likeness (QED) is 0.616. The molecule has 8 heteroatoms. The first-order valence-electron chi connectivity index (χ1n) is 9.77. The zero-order valence-electron chi connectivity index (χ0n) is 15.4. The first kappa shape index (κ1) is 17.5. The van der Waals surface area contributed by atoms with E-state index in [1.54, 1.807) is 12.1 Å². The second kappa shape index (κ2) is 6.22. The lowest BCUT2D eigenvalue weighted by atomic mass is 9.73. The molecule has 6 rings (SSSR count). The van der Waals surface area contributed by atoms with E-state index in [1.807, 2.05) is 6.07 Å². The number of fused-ring (bicyclic) bond motifs is 2. The molecule has 1 aliphatic carbocycles. The van der Waals surface area contributed by atoms with Gasteiger partial charge in [0.1, 0.15) is 6.04 Å². The van der Waals surface area contributed by atoms with E-state index < -0.39 is 23.8 Å². The van der Waals surface area contributed by atoms with Crippen molar-refractivity contribution in [3.63, 3.8) is 0 Å². The highest BCUT2D eigenvalue weighted by Crippen LogP contribution is 2.43. The third kappa shape index (κ3) is 2.59. The van der Waals surface area contributed by atoms with Crippen LogP contribution >= 0.6 is 0 Å². The van der Waals surface area contributed by atoms with Crippen molar-refractivity contribution in [3.05, 3.63) is 34.9 Å². The standard InChI is InChI=1S/C20H22N4O4/c25-15-5-4-14(17(26)23-15)24-18(27)13-3-1-2-12(16(13)19(24)28)9-21-10-20-6-11(7-20)8-22-20/h1-3,11,14,21-22H,4-10H2,(H,23,25,26). The van der Waals surface area contributed by atoms with E-state index in [-0.39, 0.29) is 24.3 Å². The minimum absolute atomic E-state index is 0.119. The molecular formula is C20H22N4O4. The van der Waals surface area contributed by atoms with E-state index in [0.717, 1.165) is 29.5 Å². The predicted molar refractivity (Wildman–Crippen MR) is 98.3 cm³/mol. The number of carbonyl (C=O) groups excluding carboxylic acids is 4. The zero-order valence-corrected chi connectivity index (χ0v) is 15.4. The van der Waals surface area contributed by atoms with Crippen LogP contribution in [-0.2, 0) is 16.1 Å². The molecule has 1 unspecified atom stereocenters. The molecule has 146 valence electrons. The number of imide groups is 2. The van der Waals surface area contributed by atoms with E-state index in [9.17, 15) is 19.2 Å². The van der Waals surface area contributed by atoms with Crippen molar-refractivity contribution in [1.82, 2.24) is 20.9 Å². The number of rotatable bonds is 5. The number of hydrogen-bond acceptors (Lipinski definition) is 6. The highest BCUT2D eigenvalue weighted by Gasteiger charge is 2.49. The fourth-order valence-corrected chi connectivity index (χ4v) is 5.07. The van der Waals surface area contributed by atoms with Crippen molar-refractivity contribution in [2.24, 2.45) is 5.92 Å². The number of hydrogen-bond donors (Lipinski definition) is 3. The molecule has 0 radical (unpaired) electrons. The van der Waals surface area contributed by atoms with Crippen molar-refractivity contribution in [2.75, 3.05) is 13.1 Å². The Morgan fingerprint density at radius 3 is 2.68 bits per heavy atom. The number of nitrogens with zero attached hydrogens (tertiary/aromatic N) is 1. The first-order valence-corrected chi connectivity index (χ1v) is 9.77. The van der Waals surface area contributed by atoms with Gasteiger partial charge in [-0.1, -0.05) is 12.1 Å². The number of nitrogens with one attached hydrogen (secondary N) is 3. The van der Waals surface area contributed by atoms with E-state index in [4.69, 9.17) is 0 Å². The van der Waals surface area contributed by atoms with E-state index >= 15 is 0 Å². The van der Waals surface area contributed by atoms with Gasteiger partial charge in [-0.2, -0.15) is 0 Å². The Bertz CT molecular complexity index is 900. The molecule has 3 N–H and O–H groups in total. The van der Waals surface area contributed by atoms with Gasteiger partial charge in [0.2, 0.25) is 11.8 Å². The van der Waals surface area contributed by atoms with Gasteiger partial charge in [0.25, 0.3) is 11.8 Å². The normalized spacial score (nSPS) is 31.1. The van der Waals surface area contributed by atoms with Gasteiger partial charge in [-0.15, -0.1) is 0 Å². The van der Waals surface area contributed by atoms with Crippen molar-refractivity contribution >= 4 is 23.6 Å². The van der Waals surface area contributed by atoms with Crippen LogP contribution in [0.1, 0.15) is 52.0 Å². The van der Waals surface area contributed by atoms with Crippen LogP contribution in [0.2, 0.25) is 0 Å². The van der Waals surface area contributed by atoms with Crippen molar-refractivity contribution in [3.8, 4) is 0 Å². The molecule has 5 aliphatic rings. The largest absolute Gasteiger partial charge is 0.311 e. The molecule has 28 heavy (non-hydrogen) atoms. The summed E-state index contributed by atoms with van der Waals surface area (Å²) in [6, 6.07) is 4.30. The summed E-state index contributed by atoms with van der Waals surface area (Å²) in [5.41, 5.74) is 1.64. The maximum absolute atomic E-state index is 13.0. The Hall–Kier alpha value is -2.58. The number of amides is 4. The summed E-state index contributed by atoms with van der Waals surface area (Å²) in [6.45, 7) is 2.39. The lowest BCUT2D eigenvalue weighted by Crippen LogP contribution is -2.54. The summed E-state index contributed by atoms with van der Waals surface area (Å²) < 4.78 is 0. The summed E-state index contributed by atoms with van der Waals surface area (Å²) in [4.78, 5) is 50.5. The Kier molecular flexibility index (Phi) is 3.89. The fourth-order valence-electron chi connectivity index (χ4n) is 5.07. The summed E-state index contributed by atoms with van der Waals surface area (Å²) in [7, 11) is 0. The van der Waals surface area contributed by atoms with E-state index in [1.165, 1.54) is 12.8 Å². The molecule has 8 nitrogen and oxygen atoms in total. The number of piperidine rings is 1. The van der Waals surface area contributed by atoms with Crippen LogP contribution in [0.3, 0.4) is 0 Å². The van der Waals surface area contributed by atoms with Crippen LogP contribution in [0.15, 0.2) is 18.2 Å². The van der Waals surface area contributed by atoms with Gasteiger partial charge >= 0.3 is 0 Å². The monoisotopic (exact) mass is 382 g/mol. The van der Waals surface area contributed by atoms with Gasteiger partial charge in [0.15, 0.2) is 0 Å². The Labute approximate surface area is 162 Å². The third-order valence-electron chi connectivity index (χ3n) is 6.46. The smallest absolute Gasteiger partial charge is 0.262 e. The van der Waals surface area contributed by atoms with Crippen molar-refractivity contribution < 1.29 is 19.2 Å². The van der Waals surface area contributed by atoms with Gasteiger partial charge in [0, 0.05) is 25.0 Å². The van der Waals surface area contributed by atoms with Gasteiger partial charge in [-0.3, -0.25) is 29.4 Å². The summed E-state index contributed by atoms with van der Waals surface area (Å²) >= 11 is 0. The molecule has 0 spiro atoms. The minimum atomic E-state index is -0.931. The first-order chi connectivity index (χ1) is 13.5. The SMILES string of the molecule is O=C1CCC(N2C(=O)c3cccc(CNCC45CC(CN4)C5)c3C2=O)C(=O)N1. The Morgan fingerprint density at radius 1 is 1.14 bits per heavy atom. The van der Waals surface area contributed by atoms with Crippen LogP contribution in [0.4, 0.5) is 0 Å². The van der Waals surface area contributed by atoms with E-state index in [0.29, 0.717) is 17.7 Å². The molecule has 4 fully saturated rings. The molecule has 4 aliphatic heterocycles. The van der Waals surface area contributed by atoms with Gasteiger partial charge in [-0.25, -0.2) is 0 Å². The Morgan fingerprint density at radius 2 is 1.96 bits per heavy atom. The molecule has 4 amide bonds. The lowest BCUT2D eigenvalue weighted by Gasteiger charge is -2.37. The van der Waals surface area contributed by atoms with Crippen LogP contribution < -0.4 is 16.0 Å². The van der Waals surface area contributed by atoms with Crippen LogP contribution in [-0.4, -0.2) is 53.2 Å². The van der Waals surface area contributed by atoms with Crippen LogP contribution in [0.25, 0.3) is 0 Å². The number of benzene rings is 1. The molecule has 3 saturated heterocycles. The predicted octanol–water partition coefficient (Wildman–Crippen LogP) is -0.0706.